The number of pyridine rings is 1. The van der Waals surface area contributed by atoms with Gasteiger partial charge < -0.3 is 4.40 Å². The quantitative estimate of drug-likeness (QED) is 0.757. The summed E-state index contributed by atoms with van der Waals surface area (Å²) in [4.78, 5) is 25.6. The topological polar surface area (TPSA) is 51.4 Å². The normalized spacial score (nSPS) is 10.2. The lowest BCUT2D eigenvalue weighted by molar-refractivity contribution is -0.114. The van der Waals surface area contributed by atoms with E-state index in [2.05, 4.69) is 4.98 Å². The summed E-state index contributed by atoms with van der Waals surface area (Å²) in [5, 5.41) is 0. The number of rotatable bonds is 4. The molecule has 0 N–H and O–H groups in total. The summed E-state index contributed by atoms with van der Waals surface area (Å²) in [5.74, 6) is 0.239. The number of fused-ring (bicyclic) bond motifs is 1. The van der Waals surface area contributed by atoms with E-state index in [4.69, 9.17) is 0 Å². The van der Waals surface area contributed by atoms with Crippen LogP contribution < -0.4 is 0 Å². The van der Waals surface area contributed by atoms with Gasteiger partial charge in [-0.1, -0.05) is 32.9 Å². The molecule has 0 spiro atoms. The lowest BCUT2D eigenvalue weighted by Gasteiger charge is -1.95. The lowest BCUT2D eigenvalue weighted by Crippen LogP contribution is -1.90. The van der Waals surface area contributed by atoms with Gasteiger partial charge in [-0.2, -0.15) is 0 Å². The monoisotopic (exact) mass is 328 g/mol. The lowest BCUT2D eigenvalue weighted by atomic mass is 10.2. The number of hydrogen-bond donors (Lipinski definition) is 0. The fraction of sp³-hybridized carbons (Fsp3) is 0.350. The average molecular weight is 328 g/mol. The molecular weight excluding hydrogens is 300 g/mol. The maximum atomic E-state index is 11.2. The van der Waals surface area contributed by atoms with Gasteiger partial charge in [0.05, 0.1) is 11.4 Å². The zero-order chi connectivity index (χ0) is 18.5. The van der Waals surface area contributed by atoms with Crippen LogP contribution in [0.3, 0.4) is 0 Å². The van der Waals surface area contributed by atoms with E-state index >= 15 is 0 Å². The standard InChI is InChI=1S/C13H14N2O.C5H8O.C2H6/c1-3-11(16)7-8-12-10(2)14-13-6-4-5-9-15(12)13;1-3-4-5(2)6;1-2/h4-9H,3H2,1-2H3;3-4H,1-2H3;1-2H3/b8-7+;4-3+;. The molecule has 0 unspecified atom stereocenters. The SMILES string of the molecule is C/C=C/C(C)=O.CC.CCC(=O)/C=C/c1c(C)nc2ccccn12. The minimum absolute atomic E-state index is 0.109. The Kier molecular flexibility index (Phi) is 10.8. The number of hydrogen-bond acceptors (Lipinski definition) is 3. The molecule has 4 heteroatoms. The predicted molar refractivity (Wildman–Crippen MR) is 101 cm³/mol. The first-order chi connectivity index (χ1) is 11.5. The predicted octanol–water partition coefficient (Wildman–Crippen LogP) is 4.81. The summed E-state index contributed by atoms with van der Waals surface area (Å²) in [6.07, 6.45) is 9.19. The Morgan fingerprint density at radius 3 is 2.38 bits per heavy atom. The number of ketones is 2. The molecule has 24 heavy (non-hydrogen) atoms. The summed E-state index contributed by atoms with van der Waals surface area (Å²) in [7, 11) is 0. The fourth-order valence-electron chi connectivity index (χ4n) is 1.86. The van der Waals surface area contributed by atoms with E-state index in [1.54, 1.807) is 12.2 Å². The van der Waals surface area contributed by atoms with Crippen molar-refractivity contribution in [1.29, 1.82) is 0 Å². The number of allylic oxidation sites excluding steroid dienone is 3. The van der Waals surface area contributed by atoms with Gasteiger partial charge in [0.25, 0.3) is 0 Å². The van der Waals surface area contributed by atoms with Crippen LogP contribution in [0.2, 0.25) is 0 Å². The number of imidazole rings is 1. The Morgan fingerprint density at radius 2 is 1.88 bits per heavy atom. The smallest absolute Gasteiger partial charge is 0.155 e. The maximum absolute atomic E-state index is 11.2. The number of nitrogens with zero attached hydrogens (tertiary/aromatic N) is 2. The summed E-state index contributed by atoms with van der Waals surface area (Å²) in [6.45, 7) is 11.2. The van der Waals surface area contributed by atoms with Crippen LogP contribution in [0.25, 0.3) is 11.7 Å². The second kappa shape index (κ2) is 12.0. The third-order valence-electron chi connectivity index (χ3n) is 2.93. The largest absolute Gasteiger partial charge is 0.300 e. The van der Waals surface area contributed by atoms with Gasteiger partial charge in [0.1, 0.15) is 5.65 Å². The van der Waals surface area contributed by atoms with Gasteiger partial charge in [0, 0.05) is 12.6 Å². The van der Waals surface area contributed by atoms with Gasteiger partial charge in [-0.05, 0) is 51.1 Å². The minimum Gasteiger partial charge on any atom is -0.300 e. The molecule has 0 saturated heterocycles. The zero-order valence-corrected chi connectivity index (χ0v) is 15.5. The van der Waals surface area contributed by atoms with Crippen LogP contribution in [-0.2, 0) is 9.59 Å². The average Bonchev–Trinajstić information content (AvgIpc) is 2.90. The van der Waals surface area contributed by atoms with Gasteiger partial charge >= 0.3 is 0 Å². The molecule has 4 nitrogen and oxygen atoms in total. The highest BCUT2D eigenvalue weighted by Gasteiger charge is 2.04. The second-order valence-corrected chi connectivity index (χ2v) is 4.78. The maximum Gasteiger partial charge on any atom is 0.155 e. The highest BCUT2D eigenvalue weighted by Crippen LogP contribution is 2.13. The van der Waals surface area contributed by atoms with Crippen molar-refractivity contribution in [2.45, 2.75) is 48.0 Å². The molecule has 0 fully saturated rings. The Hall–Kier alpha value is -2.49. The molecule has 130 valence electrons. The van der Waals surface area contributed by atoms with Crippen molar-refractivity contribution in [3.05, 3.63) is 54.0 Å². The van der Waals surface area contributed by atoms with Crippen molar-refractivity contribution in [3.8, 4) is 0 Å². The molecule has 2 rings (SSSR count). The molecule has 0 aliphatic carbocycles. The van der Waals surface area contributed by atoms with Crippen LogP contribution in [0.5, 0.6) is 0 Å². The van der Waals surface area contributed by atoms with Crippen molar-refractivity contribution in [2.75, 3.05) is 0 Å². The van der Waals surface area contributed by atoms with Crippen molar-refractivity contribution in [3.63, 3.8) is 0 Å². The number of aromatic nitrogens is 2. The van der Waals surface area contributed by atoms with E-state index in [0.29, 0.717) is 6.42 Å². The molecule has 2 aromatic heterocycles. The Bertz CT molecular complexity index is 709. The first kappa shape index (κ1) is 21.5. The molecular formula is C20H28N2O2. The molecule has 0 aliphatic rings. The molecule has 2 heterocycles. The van der Waals surface area contributed by atoms with E-state index in [1.165, 1.54) is 13.0 Å². The second-order valence-electron chi connectivity index (χ2n) is 4.78. The summed E-state index contributed by atoms with van der Waals surface area (Å²) in [6, 6.07) is 5.85. The Balaban J connectivity index is 0.000000563. The van der Waals surface area contributed by atoms with Gasteiger partial charge in [-0.15, -0.1) is 0 Å². The van der Waals surface area contributed by atoms with Crippen LogP contribution >= 0.6 is 0 Å². The molecule has 0 atom stereocenters. The van der Waals surface area contributed by atoms with Crippen molar-refractivity contribution in [1.82, 2.24) is 9.38 Å². The van der Waals surface area contributed by atoms with Gasteiger partial charge in [0.2, 0.25) is 0 Å². The van der Waals surface area contributed by atoms with Crippen LogP contribution in [-0.4, -0.2) is 21.0 Å². The molecule has 2 aromatic rings. The molecule has 0 aliphatic heterocycles. The van der Waals surface area contributed by atoms with Gasteiger partial charge in [-0.25, -0.2) is 4.98 Å². The molecule has 0 saturated carbocycles. The summed E-state index contributed by atoms with van der Waals surface area (Å²) in [5.41, 5.74) is 2.81. The van der Waals surface area contributed by atoms with Crippen molar-refractivity contribution < 1.29 is 9.59 Å². The third kappa shape index (κ3) is 7.18. The van der Waals surface area contributed by atoms with Crippen LogP contribution in [0, 0.1) is 6.92 Å². The molecule has 0 amide bonds. The minimum atomic E-state index is 0.109. The van der Waals surface area contributed by atoms with Crippen LogP contribution in [0.15, 0.2) is 42.6 Å². The van der Waals surface area contributed by atoms with Gasteiger partial charge in [0.15, 0.2) is 11.6 Å². The Morgan fingerprint density at radius 1 is 1.21 bits per heavy atom. The van der Waals surface area contributed by atoms with E-state index in [9.17, 15) is 9.59 Å². The molecule has 0 aromatic carbocycles. The highest BCUT2D eigenvalue weighted by atomic mass is 16.1. The number of aryl methyl sites for hydroxylation is 1. The van der Waals surface area contributed by atoms with Crippen molar-refractivity contribution >= 4 is 23.3 Å². The van der Waals surface area contributed by atoms with E-state index in [0.717, 1.165) is 17.0 Å². The number of carbonyl (C=O) groups is 2. The fourth-order valence-corrected chi connectivity index (χ4v) is 1.86. The van der Waals surface area contributed by atoms with E-state index in [1.807, 2.05) is 69.5 Å². The first-order valence-electron chi connectivity index (χ1n) is 8.27. The van der Waals surface area contributed by atoms with Crippen LogP contribution in [0.4, 0.5) is 0 Å². The zero-order valence-electron chi connectivity index (χ0n) is 15.5. The third-order valence-corrected chi connectivity index (χ3v) is 2.93. The summed E-state index contributed by atoms with van der Waals surface area (Å²) < 4.78 is 1.98. The van der Waals surface area contributed by atoms with Crippen molar-refractivity contribution in [2.24, 2.45) is 0 Å². The molecule has 0 radical (unpaired) electrons. The van der Waals surface area contributed by atoms with E-state index in [-0.39, 0.29) is 11.6 Å². The molecule has 0 bridgehead atoms. The van der Waals surface area contributed by atoms with Gasteiger partial charge in [-0.3, -0.25) is 9.59 Å². The van der Waals surface area contributed by atoms with Crippen LogP contribution in [0.1, 0.15) is 52.4 Å². The summed E-state index contributed by atoms with van der Waals surface area (Å²) >= 11 is 0. The highest BCUT2D eigenvalue weighted by molar-refractivity contribution is 5.93. The Labute approximate surface area is 144 Å². The van der Waals surface area contributed by atoms with E-state index < -0.39 is 0 Å². The number of carbonyl (C=O) groups excluding carboxylic acids is 2. The first-order valence-corrected chi connectivity index (χ1v) is 8.27.